The minimum Gasteiger partial charge on any atom is -0.481 e. The van der Waals surface area contributed by atoms with Crippen LogP contribution in [0.4, 0.5) is 4.79 Å². The van der Waals surface area contributed by atoms with E-state index in [0.717, 1.165) is 22.3 Å². The van der Waals surface area contributed by atoms with Crippen LogP contribution in [-0.2, 0) is 19.1 Å². The van der Waals surface area contributed by atoms with Gasteiger partial charge in [0.1, 0.15) is 6.61 Å². The summed E-state index contributed by atoms with van der Waals surface area (Å²) in [5.74, 6) is -1.81. The summed E-state index contributed by atoms with van der Waals surface area (Å²) in [4.78, 5) is 39.1. The van der Waals surface area contributed by atoms with Crippen molar-refractivity contribution >= 4 is 18.0 Å². The molecule has 35 heavy (non-hydrogen) atoms. The fourth-order valence-electron chi connectivity index (χ4n) is 5.72. The monoisotopic (exact) mass is 478 g/mol. The molecule has 2 aromatic rings. The van der Waals surface area contributed by atoms with Gasteiger partial charge in [0.2, 0.25) is 0 Å². The number of rotatable bonds is 5. The van der Waals surface area contributed by atoms with Crippen molar-refractivity contribution in [2.24, 2.45) is 5.92 Å². The molecule has 2 saturated heterocycles. The summed E-state index contributed by atoms with van der Waals surface area (Å²) in [7, 11) is 0. The number of carbonyl (C=O) groups is 3. The topological polar surface area (TPSA) is 105 Å². The van der Waals surface area contributed by atoms with Crippen molar-refractivity contribution < 1.29 is 29.0 Å². The Morgan fingerprint density at radius 3 is 2.37 bits per heavy atom. The van der Waals surface area contributed by atoms with Gasteiger partial charge in [-0.15, -0.1) is 0 Å². The van der Waals surface area contributed by atoms with Crippen molar-refractivity contribution in [1.82, 2.24) is 10.2 Å². The van der Waals surface area contributed by atoms with Gasteiger partial charge in [-0.1, -0.05) is 48.5 Å². The molecule has 2 aliphatic heterocycles. The second-order valence-electron chi connectivity index (χ2n) is 9.52. The first kappa shape index (κ1) is 23.4. The summed E-state index contributed by atoms with van der Waals surface area (Å²) in [5, 5.41) is 12.3. The number of carboxylic acid groups (broad SMARTS) is 1. The molecule has 2 heterocycles. The minimum absolute atomic E-state index is 0.0486. The van der Waals surface area contributed by atoms with Crippen LogP contribution in [0.25, 0.3) is 11.1 Å². The van der Waals surface area contributed by atoms with Crippen LogP contribution in [0, 0.1) is 5.92 Å². The number of alkyl carbamates (subject to hydrolysis) is 1. The third-order valence-electron chi connectivity index (χ3n) is 7.57. The van der Waals surface area contributed by atoms with Crippen molar-refractivity contribution in [1.29, 1.82) is 0 Å². The molecule has 2 aromatic carbocycles. The van der Waals surface area contributed by atoms with E-state index in [2.05, 4.69) is 29.6 Å². The predicted octanol–water partition coefficient (Wildman–Crippen LogP) is 3.39. The van der Waals surface area contributed by atoms with Crippen molar-refractivity contribution in [2.45, 2.75) is 50.3 Å². The number of hydrogen-bond acceptors (Lipinski definition) is 5. The summed E-state index contributed by atoms with van der Waals surface area (Å²) in [6.07, 6.45) is 0.239. The minimum atomic E-state index is -0.893. The normalized spacial score (nSPS) is 25.6. The van der Waals surface area contributed by atoms with Gasteiger partial charge in [0.25, 0.3) is 5.91 Å². The molecule has 5 rings (SSSR count). The molecular formula is C27H30N2O6. The zero-order chi connectivity index (χ0) is 24.5. The molecule has 8 heteroatoms. The third kappa shape index (κ3) is 4.38. The van der Waals surface area contributed by atoms with Crippen LogP contribution < -0.4 is 5.32 Å². The van der Waals surface area contributed by atoms with Gasteiger partial charge in [0.05, 0.1) is 12.0 Å². The number of benzene rings is 2. The number of likely N-dealkylation sites (tertiary alicyclic amines) is 1. The maximum absolute atomic E-state index is 13.2. The largest absolute Gasteiger partial charge is 0.481 e. The first-order chi connectivity index (χ1) is 17.0. The average molecular weight is 479 g/mol. The molecule has 184 valence electrons. The molecule has 2 fully saturated rings. The SMILES string of the molecule is CC1C(C(=O)O)CCCN1C(=O)C1OCCC1NC(=O)OCC1c2ccccc2-c2ccccc21. The summed E-state index contributed by atoms with van der Waals surface area (Å²) >= 11 is 0. The van der Waals surface area contributed by atoms with Gasteiger partial charge in [-0.25, -0.2) is 4.79 Å². The third-order valence-corrected chi connectivity index (χ3v) is 7.57. The highest BCUT2D eigenvalue weighted by molar-refractivity contribution is 5.84. The predicted molar refractivity (Wildman–Crippen MR) is 128 cm³/mol. The van der Waals surface area contributed by atoms with Gasteiger partial charge < -0.3 is 24.8 Å². The summed E-state index contributed by atoms with van der Waals surface area (Å²) in [6.45, 7) is 2.78. The standard InChI is InChI=1S/C27H30N2O6/c1-16-17(26(31)32)11-6-13-29(16)25(30)24-23(12-14-34-24)28-27(33)35-15-22-20-9-4-2-7-18(20)19-8-3-5-10-21(19)22/h2-5,7-10,16-17,22-24H,6,11-15H2,1H3,(H,28,33)(H,31,32). The number of amides is 2. The van der Waals surface area contributed by atoms with Crippen LogP contribution in [0.3, 0.4) is 0 Å². The molecule has 1 aliphatic carbocycles. The molecule has 4 atom stereocenters. The van der Waals surface area contributed by atoms with Crippen LogP contribution in [0.1, 0.15) is 43.2 Å². The fourth-order valence-corrected chi connectivity index (χ4v) is 5.72. The molecule has 0 saturated carbocycles. The van der Waals surface area contributed by atoms with Crippen LogP contribution in [0.5, 0.6) is 0 Å². The number of nitrogens with one attached hydrogen (secondary N) is 1. The second-order valence-corrected chi connectivity index (χ2v) is 9.52. The van der Waals surface area contributed by atoms with E-state index < -0.39 is 36.2 Å². The average Bonchev–Trinajstić information content (AvgIpc) is 3.44. The highest BCUT2D eigenvalue weighted by atomic mass is 16.6. The van der Waals surface area contributed by atoms with Gasteiger partial charge in [-0.2, -0.15) is 0 Å². The molecular weight excluding hydrogens is 448 g/mol. The van der Waals surface area contributed by atoms with Crippen molar-refractivity contribution in [3.8, 4) is 11.1 Å². The highest BCUT2D eigenvalue weighted by Crippen LogP contribution is 2.44. The Kier molecular flexibility index (Phi) is 6.47. The highest BCUT2D eigenvalue weighted by Gasteiger charge is 2.43. The first-order valence-electron chi connectivity index (χ1n) is 12.2. The van der Waals surface area contributed by atoms with E-state index >= 15 is 0 Å². The van der Waals surface area contributed by atoms with Gasteiger partial charge >= 0.3 is 12.1 Å². The number of ether oxygens (including phenoxy) is 2. The lowest BCUT2D eigenvalue weighted by atomic mass is 9.89. The smallest absolute Gasteiger partial charge is 0.407 e. The number of fused-ring (bicyclic) bond motifs is 3. The van der Waals surface area contributed by atoms with E-state index in [1.54, 1.807) is 11.8 Å². The zero-order valence-electron chi connectivity index (χ0n) is 19.7. The van der Waals surface area contributed by atoms with E-state index in [-0.39, 0.29) is 18.4 Å². The molecule has 2 N–H and O–H groups in total. The quantitative estimate of drug-likeness (QED) is 0.683. The maximum Gasteiger partial charge on any atom is 0.407 e. The number of hydrogen-bond donors (Lipinski definition) is 2. The van der Waals surface area contributed by atoms with Crippen LogP contribution in [0.15, 0.2) is 48.5 Å². The van der Waals surface area contributed by atoms with Crippen molar-refractivity contribution in [3.63, 3.8) is 0 Å². The summed E-state index contributed by atoms with van der Waals surface area (Å²) < 4.78 is 11.3. The Balaban J connectivity index is 1.22. The molecule has 0 spiro atoms. The lowest BCUT2D eigenvalue weighted by molar-refractivity contribution is -0.153. The number of nitrogens with zero attached hydrogens (tertiary/aromatic N) is 1. The van der Waals surface area contributed by atoms with E-state index in [4.69, 9.17) is 9.47 Å². The van der Waals surface area contributed by atoms with Gasteiger partial charge in [-0.05, 0) is 48.4 Å². The molecule has 0 bridgehead atoms. The zero-order valence-corrected chi connectivity index (χ0v) is 19.7. The maximum atomic E-state index is 13.2. The number of carbonyl (C=O) groups excluding carboxylic acids is 2. The fraction of sp³-hybridized carbons (Fsp3) is 0.444. The molecule has 0 aromatic heterocycles. The lowest BCUT2D eigenvalue weighted by Gasteiger charge is -2.39. The molecule has 8 nitrogen and oxygen atoms in total. The molecule has 2 amide bonds. The lowest BCUT2D eigenvalue weighted by Crippen LogP contribution is -2.56. The summed E-state index contributed by atoms with van der Waals surface area (Å²) in [6, 6.07) is 15.3. The summed E-state index contributed by atoms with van der Waals surface area (Å²) in [5.41, 5.74) is 4.57. The van der Waals surface area contributed by atoms with E-state index in [0.29, 0.717) is 32.4 Å². The number of carboxylic acids is 1. The van der Waals surface area contributed by atoms with Gasteiger partial charge in [0, 0.05) is 25.1 Å². The Morgan fingerprint density at radius 2 is 1.71 bits per heavy atom. The van der Waals surface area contributed by atoms with E-state index in [9.17, 15) is 19.5 Å². The van der Waals surface area contributed by atoms with Crippen LogP contribution in [-0.4, -0.2) is 65.9 Å². The van der Waals surface area contributed by atoms with Gasteiger partial charge in [-0.3, -0.25) is 9.59 Å². The van der Waals surface area contributed by atoms with Crippen molar-refractivity contribution in [2.75, 3.05) is 19.8 Å². The van der Waals surface area contributed by atoms with Crippen LogP contribution >= 0.6 is 0 Å². The number of piperidine rings is 1. The molecule has 3 aliphatic rings. The second kappa shape index (κ2) is 9.70. The Labute approximate surface area is 204 Å². The van der Waals surface area contributed by atoms with Gasteiger partial charge in [0.15, 0.2) is 6.10 Å². The van der Waals surface area contributed by atoms with E-state index in [1.807, 2.05) is 24.3 Å². The molecule has 4 unspecified atom stereocenters. The Hall–Kier alpha value is -3.39. The van der Waals surface area contributed by atoms with E-state index in [1.165, 1.54) is 0 Å². The molecule has 0 radical (unpaired) electrons. The van der Waals surface area contributed by atoms with Crippen molar-refractivity contribution in [3.05, 3.63) is 59.7 Å². The first-order valence-corrected chi connectivity index (χ1v) is 12.2. The van der Waals surface area contributed by atoms with Crippen LogP contribution in [0.2, 0.25) is 0 Å². The Bertz CT molecular complexity index is 1090. The Morgan fingerprint density at radius 1 is 1.06 bits per heavy atom. The number of aliphatic carboxylic acids is 1.